The molecule has 0 radical (unpaired) electrons. The molecule has 0 heterocycles. The van der Waals surface area contributed by atoms with Gasteiger partial charge in [-0.15, -0.1) is 0 Å². The largest absolute Gasteiger partial charge is 0.412 e. The van der Waals surface area contributed by atoms with Gasteiger partial charge in [0.05, 0.1) is 6.10 Å². The van der Waals surface area contributed by atoms with E-state index in [1.807, 2.05) is 0 Å². The van der Waals surface area contributed by atoms with Crippen molar-refractivity contribution in [1.82, 2.24) is 0 Å². The first kappa shape index (κ1) is 14.0. The summed E-state index contributed by atoms with van der Waals surface area (Å²) in [6.07, 6.45) is -5.88. The molecular weight excluding hydrogens is 168 g/mol. The molecule has 0 aliphatic carbocycles. The van der Waals surface area contributed by atoms with Gasteiger partial charge >= 0.3 is 0 Å². The van der Waals surface area contributed by atoms with E-state index in [-0.39, 0.29) is 11.8 Å². The zero-order valence-electron chi connectivity index (χ0n) is 6.58. The van der Waals surface area contributed by atoms with Gasteiger partial charge in [-0.05, 0) is 6.92 Å². The second-order valence-corrected chi connectivity index (χ2v) is 2.35. The lowest BCUT2D eigenvalue weighted by atomic mass is 10.1. The lowest BCUT2D eigenvalue weighted by Crippen LogP contribution is -2.43. The van der Waals surface area contributed by atoms with Gasteiger partial charge in [0, 0.05) is 0 Å². The number of rotatable bonds is 4. The van der Waals surface area contributed by atoms with E-state index in [1.54, 1.807) is 0 Å². The van der Waals surface area contributed by atoms with Gasteiger partial charge in [-0.2, -0.15) is 0 Å². The molecule has 6 N–H and O–H groups in total. The van der Waals surface area contributed by atoms with Gasteiger partial charge in [0.1, 0.15) is 18.3 Å². The molecule has 0 saturated carbocycles. The molecule has 0 rings (SSSR count). The highest BCUT2D eigenvalue weighted by atomic mass is 16.4. The molecule has 0 aromatic rings. The molecule has 12 heavy (non-hydrogen) atoms. The molecule has 6 heteroatoms. The fourth-order valence-electron chi connectivity index (χ4n) is 0.568. The Morgan fingerprint density at radius 1 is 1.08 bits per heavy atom. The number of aldehydes is 1. The van der Waals surface area contributed by atoms with Crippen LogP contribution in [0.4, 0.5) is 0 Å². The molecular formula is C6H14O6. The lowest BCUT2D eigenvalue weighted by Gasteiger charge is -2.21. The number of carbonyl (C=O) groups is 1. The topological polar surface area (TPSA) is 129 Å². The van der Waals surface area contributed by atoms with Crippen LogP contribution < -0.4 is 0 Å². The summed E-state index contributed by atoms with van der Waals surface area (Å²) in [5, 5.41) is 35.1. The highest BCUT2D eigenvalue weighted by Crippen LogP contribution is 2.02. The van der Waals surface area contributed by atoms with Gasteiger partial charge in [0.15, 0.2) is 6.29 Å². The average Bonchev–Trinajstić information content (AvgIpc) is 2.00. The average molecular weight is 182 g/mol. The minimum atomic E-state index is -1.65. The highest BCUT2D eigenvalue weighted by molar-refractivity contribution is 5.56. The van der Waals surface area contributed by atoms with Crippen LogP contribution in [0.15, 0.2) is 0 Å². The zero-order chi connectivity index (χ0) is 9.02. The second-order valence-electron chi connectivity index (χ2n) is 2.35. The predicted molar refractivity (Wildman–Crippen MR) is 39.4 cm³/mol. The summed E-state index contributed by atoms with van der Waals surface area (Å²) in [4.78, 5) is 9.87. The molecule has 4 atom stereocenters. The van der Waals surface area contributed by atoms with Gasteiger partial charge < -0.3 is 30.7 Å². The van der Waals surface area contributed by atoms with Crippen LogP contribution in [0.25, 0.3) is 0 Å². The Balaban J connectivity index is 0. The predicted octanol–water partition coefficient (Wildman–Crippen LogP) is -3.18. The van der Waals surface area contributed by atoms with Gasteiger partial charge in [-0.25, -0.2) is 0 Å². The fraction of sp³-hybridized carbons (Fsp3) is 0.833. The maximum Gasteiger partial charge on any atom is 0.151 e. The van der Waals surface area contributed by atoms with Crippen LogP contribution in [0.3, 0.4) is 0 Å². The summed E-state index contributed by atoms with van der Waals surface area (Å²) in [6, 6.07) is 0. The molecule has 0 aromatic carbocycles. The van der Waals surface area contributed by atoms with Crippen LogP contribution in [0.2, 0.25) is 0 Å². The molecule has 0 amide bonds. The van der Waals surface area contributed by atoms with Crippen molar-refractivity contribution in [2.45, 2.75) is 31.3 Å². The van der Waals surface area contributed by atoms with E-state index >= 15 is 0 Å². The zero-order valence-corrected chi connectivity index (χ0v) is 6.58. The van der Waals surface area contributed by atoms with Crippen LogP contribution in [-0.4, -0.2) is 56.6 Å². The Morgan fingerprint density at radius 2 is 1.50 bits per heavy atom. The van der Waals surface area contributed by atoms with Crippen LogP contribution >= 0.6 is 0 Å². The first-order valence-electron chi connectivity index (χ1n) is 3.18. The smallest absolute Gasteiger partial charge is 0.151 e. The van der Waals surface area contributed by atoms with Crippen LogP contribution in [0, 0.1) is 0 Å². The van der Waals surface area contributed by atoms with E-state index < -0.39 is 24.4 Å². The van der Waals surface area contributed by atoms with Gasteiger partial charge in [0.2, 0.25) is 0 Å². The summed E-state index contributed by atoms with van der Waals surface area (Å²) >= 11 is 0. The number of hydrogen-bond acceptors (Lipinski definition) is 5. The fourth-order valence-corrected chi connectivity index (χ4v) is 0.568. The molecule has 74 valence electrons. The minimum Gasteiger partial charge on any atom is -0.412 e. The first-order valence-corrected chi connectivity index (χ1v) is 3.18. The Bertz CT molecular complexity index is 125. The van der Waals surface area contributed by atoms with Gasteiger partial charge in [-0.3, -0.25) is 0 Å². The molecule has 0 saturated heterocycles. The maximum atomic E-state index is 9.87. The number of carbonyl (C=O) groups excluding carboxylic acids is 1. The van der Waals surface area contributed by atoms with Crippen molar-refractivity contribution in [3.05, 3.63) is 0 Å². The Morgan fingerprint density at radius 3 is 1.75 bits per heavy atom. The van der Waals surface area contributed by atoms with Crippen molar-refractivity contribution >= 4 is 6.29 Å². The standard InChI is InChI=1S/C6H12O5.H2O/c1-3(8)5(10)6(11)4(9)2-7;/h2-6,8-11H,1H3;1H2. The van der Waals surface area contributed by atoms with E-state index in [1.165, 1.54) is 6.92 Å². The van der Waals surface area contributed by atoms with Crippen molar-refractivity contribution in [2.24, 2.45) is 0 Å². The third-order valence-electron chi connectivity index (χ3n) is 1.33. The molecule has 0 fully saturated rings. The Hall–Kier alpha value is -0.530. The normalized spacial score (nSPS) is 20.1. The summed E-state index contributed by atoms with van der Waals surface area (Å²) in [5.74, 6) is 0. The molecule has 0 spiro atoms. The van der Waals surface area contributed by atoms with Crippen molar-refractivity contribution in [3.8, 4) is 0 Å². The summed E-state index contributed by atoms with van der Waals surface area (Å²) in [7, 11) is 0. The third kappa shape index (κ3) is 3.74. The second kappa shape index (κ2) is 6.04. The number of hydrogen-bond donors (Lipinski definition) is 4. The van der Waals surface area contributed by atoms with Crippen LogP contribution in [0.5, 0.6) is 0 Å². The summed E-state index contributed by atoms with van der Waals surface area (Å²) in [6.45, 7) is 1.24. The van der Waals surface area contributed by atoms with E-state index in [2.05, 4.69) is 0 Å². The van der Waals surface area contributed by atoms with Crippen LogP contribution in [-0.2, 0) is 4.79 Å². The quantitative estimate of drug-likeness (QED) is 0.341. The first-order chi connectivity index (χ1) is 5.00. The van der Waals surface area contributed by atoms with Crippen molar-refractivity contribution in [1.29, 1.82) is 0 Å². The lowest BCUT2D eigenvalue weighted by molar-refractivity contribution is -0.132. The van der Waals surface area contributed by atoms with E-state index in [4.69, 9.17) is 20.4 Å². The molecule has 4 unspecified atom stereocenters. The van der Waals surface area contributed by atoms with Gasteiger partial charge in [0.25, 0.3) is 0 Å². The summed E-state index contributed by atoms with van der Waals surface area (Å²) < 4.78 is 0. The molecule has 0 aromatic heterocycles. The highest BCUT2D eigenvalue weighted by Gasteiger charge is 2.27. The molecule has 0 aliphatic rings. The van der Waals surface area contributed by atoms with E-state index in [0.29, 0.717) is 0 Å². The maximum absolute atomic E-state index is 9.87. The van der Waals surface area contributed by atoms with Crippen LogP contribution in [0.1, 0.15) is 6.92 Å². The molecule has 0 bridgehead atoms. The molecule has 6 nitrogen and oxygen atoms in total. The number of aliphatic hydroxyl groups is 4. The Labute approximate surface area is 69.4 Å². The van der Waals surface area contributed by atoms with E-state index in [0.717, 1.165) is 0 Å². The number of aliphatic hydroxyl groups excluding tert-OH is 4. The van der Waals surface area contributed by atoms with Crippen molar-refractivity contribution < 1.29 is 30.7 Å². The van der Waals surface area contributed by atoms with Crippen molar-refractivity contribution in [2.75, 3.05) is 0 Å². The van der Waals surface area contributed by atoms with E-state index in [9.17, 15) is 4.79 Å². The summed E-state index contributed by atoms with van der Waals surface area (Å²) in [5.41, 5.74) is 0. The molecule has 0 aliphatic heterocycles. The van der Waals surface area contributed by atoms with Gasteiger partial charge in [-0.1, -0.05) is 0 Å². The minimum absolute atomic E-state index is 0. The third-order valence-corrected chi connectivity index (χ3v) is 1.33. The Kier molecular flexibility index (Phi) is 7.05. The SMILES string of the molecule is CC(O)C(O)C(O)C(O)C=O.O. The monoisotopic (exact) mass is 182 g/mol. The van der Waals surface area contributed by atoms with Crippen molar-refractivity contribution in [3.63, 3.8) is 0 Å².